The maximum Gasteiger partial charge on any atom is 0.410 e. The largest absolute Gasteiger partial charge is 0.489 e. The molecule has 0 saturated carbocycles. The highest BCUT2D eigenvalue weighted by molar-refractivity contribution is 5.94. The summed E-state index contributed by atoms with van der Waals surface area (Å²) in [7, 11) is 3.30. The maximum atomic E-state index is 15.0. The molecule has 1 heterocycles. The van der Waals surface area contributed by atoms with Gasteiger partial charge < -0.3 is 29.7 Å². The number of ether oxygens (including phenoxy) is 2. The van der Waals surface area contributed by atoms with Crippen LogP contribution in [0.4, 0.5) is 4.79 Å². The zero-order chi connectivity index (χ0) is 42.4. The Bertz CT molecular complexity index is 2160. The Kier molecular flexibility index (Phi) is 13.1. The van der Waals surface area contributed by atoms with E-state index in [0.29, 0.717) is 12.2 Å². The smallest absolute Gasteiger partial charge is 0.410 e. The number of benzene rings is 4. The van der Waals surface area contributed by atoms with Gasteiger partial charge >= 0.3 is 12.1 Å². The van der Waals surface area contributed by atoms with Gasteiger partial charge in [0.2, 0.25) is 17.7 Å². The third-order valence-electron chi connectivity index (χ3n) is 11.2. The molecule has 4 aromatic rings. The topological polar surface area (TPSA) is 146 Å². The average Bonchev–Trinajstić information content (AvgIpc) is 3.23. The lowest BCUT2D eigenvalue weighted by molar-refractivity contribution is -0.149. The van der Waals surface area contributed by atoms with Crippen molar-refractivity contribution in [2.75, 3.05) is 14.1 Å². The lowest BCUT2D eigenvalue weighted by atomic mass is 9.86. The van der Waals surface area contributed by atoms with E-state index >= 15 is 4.79 Å². The Labute approximate surface area is 346 Å². The summed E-state index contributed by atoms with van der Waals surface area (Å²) in [6.07, 6.45) is 2.45. The highest BCUT2D eigenvalue weighted by Gasteiger charge is 2.41. The fourth-order valence-electron chi connectivity index (χ4n) is 7.72. The predicted octanol–water partition coefficient (Wildman–Crippen LogP) is 6.74. The second-order valence-corrected chi connectivity index (χ2v) is 16.5. The van der Waals surface area contributed by atoms with Crippen molar-refractivity contribution in [3.63, 3.8) is 0 Å². The third-order valence-corrected chi connectivity index (χ3v) is 11.2. The monoisotopic (exact) mass is 802 g/mol. The highest BCUT2D eigenvalue weighted by atomic mass is 16.6. The number of rotatable bonds is 12. The van der Waals surface area contributed by atoms with Crippen molar-refractivity contribution >= 4 is 29.8 Å². The molecule has 12 nitrogen and oxygen atoms in total. The molecule has 1 aliphatic heterocycles. The second-order valence-electron chi connectivity index (χ2n) is 16.5. The standard InChI is InChI=1S/C47H54N4O8/c1-30(49(5)46(57)59-47(2,3)4)42(52)48-39(26-31-20-24-37(25-21-31)58-29-32-18-22-34(23-19-32)45(55)56)43(53)51-28-36-14-8-7-13-35(36)27-41(51)44(54)50(6)40-17-11-15-33-12-9-10-16-38(33)40/h7-10,12-14,16,18-25,30,39-41H,11,15,17,26-29H2,1-6H3,(H,48,52)(H,55,56)/t30?,39?,40-,41?/m1/s1. The van der Waals surface area contributed by atoms with Gasteiger partial charge in [0.15, 0.2) is 0 Å². The number of aryl methyl sites for hydroxylation is 1. The van der Waals surface area contributed by atoms with Gasteiger partial charge in [-0.15, -0.1) is 0 Å². The number of hydrogen-bond acceptors (Lipinski definition) is 7. The molecular weight excluding hydrogens is 749 g/mol. The number of aromatic carboxylic acids is 1. The number of carbonyl (C=O) groups is 5. The average molecular weight is 803 g/mol. The van der Waals surface area contributed by atoms with Crippen molar-refractivity contribution in [1.29, 1.82) is 0 Å². The summed E-state index contributed by atoms with van der Waals surface area (Å²) in [6.45, 7) is 7.19. The van der Waals surface area contributed by atoms with Gasteiger partial charge in [-0.05, 0) is 105 Å². The molecular formula is C47H54N4O8. The first kappa shape index (κ1) is 42.4. The molecule has 0 fully saturated rings. The number of nitrogens with one attached hydrogen (secondary N) is 1. The van der Waals surface area contributed by atoms with Gasteiger partial charge in [-0.3, -0.25) is 19.3 Å². The van der Waals surface area contributed by atoms with Crippen LogP contribution in [0.25, 0.3) is 0 Å². The van der Waals surface area contributed by atoms with Crippen molar-refractivity contribution in [2.45, 2.75) is 103 Å². The number of carboxylic acids is 1. The molecule has 4 atom stereocenters. The molecule has 3 unspecified atom stereocenters. The van der Waals surface area contributed by atoms with Crippen molar-refractivity contribution in [3.8, 4) is 5.75 Å². The Morgan fingerprint density at radius 3 is 2.14 bits per heavy atom. The molecule has 0 saturated heterocycles. The van der Waals surface area contributed by atoms with Crippen LogP contribution in [-0.4, -0.2) is 87.4 Å². The van der Waals surface area contributed by atoms with E-state index in [1.165, 1.54) is 29.6 Å². The van der Waals surface area contributed by atoms with Crippen molar-refractivity contribution in [3.05, 3.63) is 136 Å². The fraction of sp³-hybridized carbons (Fsp3) is 0.383. The fourth-order valence-corrected chi connectivity index (χ4v) is 7.72. The van der Waals surface area contributed by atoms with E-state index in [9.17, 15) is 24.3 Å². The van der Waals surface area contributed by atoms with Crippen molar-refractivity contribution in [1.82, 2.24) is 20.0 Å². The van der Waals surface area contributed by atoms with Crippen LogP contribution in [0.2, 0.25) is 0 Å². The van der Waals surface area contributed by atoms with Crippen LogP contribution in [0.3, 0.4) is 0 Å². The number of carboxylic acid groups (broad SMARTS) is 1. The molecule has 59 heavy (non-hydrogen) atoms. The summed E-state index contributed by atoms with van der Waals surface area (Å²) < 4.78 is 11.5. The summed E-state index contributed by atoms with van der Waals surface area (Å²) in [5.74, 6) is -1.59. The summed E-state index contributed by atoms with van der Waals surface area (Å²) in [4.78, 5) is 72.5. The van der Waals surface area contributed by atoms with Crippen LogP contribution in [0, 0.1) is 0 Å². The maximum absolute atomic E-state index is 15.0. The minimum absolute atomic E-state index is 0.0925. The molecule has 0 spiro atoms. The van der Waals surface area contributed by atoms with Gasteiger partial charge in [0.1, 0.15) is 36.1 Å². The van der Waals surface area contributed by atoms with Crippen molar-refractivity contribution < 1.29 is 38.6 Å². The number of nitrogens with zero attached hydrogens (tertiary/aromatic N) is 3. The number of likely N-dealkylation sites (N-methyl/N-ethyl adjacent to an activating group) is 2. The number of fused-ring (bicyclic) bond motifs is 2. The third kappa shape index (κ3) is 10.3. The molecule has 2 aliphatic rings. The minimum Gasteiger partial charge on any atom is -0.489 e. The highest BCUT2D eigenvalue weighted by Crippen LogP contribution is 2.35. The Morgan fingerprint density at radius 1 is 0.847 bits per heavy atom. The molecule has 310 valence electrons. The Hall–Kier alpha value is -6.17. The molecule has 2 N–H and O–H groups in total. The normalized spacial score (nSPS) is 17.0. The van der Waals surface area contributed by atoms with E-state index in [2.05, 4.69) is 17.4 Å². The molecule has 1 aliphatic carbocycles. The van der Waals surface area contributed by atoms with Gasteiger partial charge in [0, 0.05) is 33.5 Å². The molecule has 0 bridgehead atoms. The number of amides is 4. The Morgan fingerprint density at radius 2 is 1.47 bits per heavy atom. The second kappa shape index (κ2) is 18.2. The molecule has 12 heteroatoms. The summed E-state index contributed by atoms with van der Waals surface area (Å²) >= 11 is 0. The molecule has 0 aromatic heterocycles. The van der Waals surface area contributed by atoms with E-state index in [1.54, 1.807) is 61.8 Å². The van der Waals surface area contributed by atoms with Crippen LogP contribution >= 0.6 is 0 Å². The lowest BCUT2D eigenvalue weighted by Gasteiger charge is -2.42. The van der Waals surface area contributed by atoms with E-state index < -0.39 is 47.6 Å². The van der Waals surface area contributed by atoms with Crippen LogP contribution < -0.4 is 10.1 Å². The molecule has 6 rings (SSSR count). The van der Waals surface area contributed by atoms with Crippen LogP contribution in [0.15, 0.2) is 97.1 Å². The van der Waals surface area contributed by atoms with Gasteiger partial charge in [-0.25, -0.2) is 9.59 Å². The van der Waals surface area contributed by atoms with Crippen molar-refractivity contribution in [2.24, 2.45) is 0 Å². The van der Waals surface area contributed by atoms with Gasteiger partial charge in [-0.1, -0.05) is 72.8 Å². The minimum atomic E-state index is -1.10. The molecule has 0 radical (unpaired) electrons. The van der Waals surface area contributed by atoms with Gasteiger partial charge in [0.05, 0.1) is 11.6 Å². The van der Waals surface area contributed by atoms with E-state index in [4.69, 9.17) is 9.47 Å². The van der Waals surface area contributed by atoms with Gasteiger partial charge in [-0.2, -0.15) is 0 Å². The van der Waals surface area contributed by atoms with Gasteiger partial charge in [0.25, 0.3) is 0 Å². The first-order valence-corrected chi connectivity index (χ1v) is 20.1. The first-order valence-electron chi connectivity index (χ1n) is 20.1. The van der Waals surface area contributed by atoms with Crippen LogP contribution in [0.5, 0.6) is 5.75 Å². The number of hydrogen-bond donors (Lipinski definition) is 2. The SMILES string of the molecule is CC(C(=O)NC(Cc1ccc(OCc2ccc(C(=O)O)cc2)cc1)C(=O)N1Cc2ccccc2CC1C(=O)N(C)[C@@H]1CCCc2ccccc21)N(C)C(=O)OC(C)(C)C. The number of carbonyl (C=O) groups excluding carboxylic acids is 4. The van der Waals surface area contributed by atoms with E-state index in [-0.39, 0.29) is 37.1 Å². The first-order chi connectivity index (χ1) is 28.1. The Balaban J connectivity index is 1.27. The predicted molar refractivity (Wildman–Crippen MR) is 223 cm³/mol. The summed E-state index contributed by atoms with van der Waals surface area (Å²) in [5.41, 5.74) is 5.21. The quantitative estimate of drug-likeness (QED) is 0.160. The zero-order valence-electron chi connectivity index (χ0n) is 34.6. The lowest BCUT2D eigenvalue weighted by Crippen LogP contribution is -2.60. The summed E-state index contributed by atoms with van der Waals surface area (Å²) in [5, 5.41) is 12.1. The zero-order valence-corrected chi connectivity index (χ0v) is 34.6. The molecule has 4 amide bonds. The van der Waals surface area contributed by atoms with E-state index in [1.807, 2.05) is 55.6 Å². The van der Waals surface area contributed by atoms with Crippen LogP contribution in [0.1, 0.15) is 90.3 Å². The molecule has 4 aromatic carbocycles. The van der Waals surface area contributed by atoms with E-state index in [0.717, 1.165) is 47.1 Å². The van der Waals surface area contributed by atoms with Crippen LogP contribution in [-0.2, 0) is 51.5 Å². The summed E-state index contributed by atoms with van der Waals surface area (Å²) in [6, 6.07) is 26.6.